The van der Waals surface area contributed by atoms with Gasteiger partial charge >= 0.3 is 12.0 Å². The maximum Gasteiger partial charge on any atom is 0.329 e. The molecule has 7 nitrogen and oxygen atoms in total. The van der Waals surface area contributed by atoms with E-state index in [4.69, 9.17) is 5.11 Å². The predicted octanol–water partition coefficient (Wildman–Crippen LogP) is -1.33. The van der Waals surface area contributed by atoms with Crippen LogP contribution in [-0.2, 0) is 14.3 Å². The Labute approximate surface area is 73.8 Å². The van der Waals surface area contributed by atoms with E-state index in [9.17, 15) is 14.4 Å². The van der Waals surface area contributed by atoms with E-state index in [-0.39, 0.29) is 0 Å². The minimum Gasteiger partial charge on any atom is -0.480 e. The van der Waals surface area contributed by atoms with Crippen LogP contribution in [0.5, 0.6) is 0 Å². The van der Waals surface area contributed by atoms with E-state index < -0.39 is 30.6 Å². The van der Waals surface area contributed by atoms with Crippen LogP contribution >= 0.6 is 0 Å². The van der Waals surface area contributed by atoms with Gasteiger partial charge in [-0.15, -0.1) is 0 Å². The van der Waals surface area contributed by atoms with Crippen molar-refractivity contribution in [3.05, 3.63) is 0 Å². The number of carboxylic acids is 1. The number of imide groups is 1. The van der Waals surface area contributed by atoms with Gasteiger partial charge in [0, 0.05) is 0 Å². The summed E-state index contributed by atoms with van der Waals surface area (Å²) < 4.78 is 4.55. The van der Waals surface area contributed by atoms with E-state index in [0.29, 0.717) is 0 Å². The van der Waals surface area contributed by atoms with E-state index in [1.807, 2.05) is 0 Å². The summed E-state index contributed by atoms with van der Waals surface area (Å²) in [7, 11) is 0. The van der Waals surface area contributed by atoms with Gasteiger partial charge in [-0.25, -0.2) is 9.59 Å². The first-order valence-corrected chi connectivity index (χ1v) is 3.37. The van der Waals surface area contributed by atoms with Crippen molar-refractivity contribution in [3.63, 3.8) is 0 Å². The first kappa shape index (κ1) is 11.4. The van der Waals surface area contributed by atoms with Gasteiger partial charge in [-0.3, -0.25) is 10.1 Å². The highest BCUT2D eigenvalue weighted by molar-refractivity contribution is 5.95. The van der Waals surface area contributed by atoms with E-state index in [2.05, 4.69) is 10.5 Å². The van der Waals surface area contributed by atoms with Crippen LogP contribution in [0.25, 0.3) is 0 Å². The third-order valence-electron chi connectivity index (χ3n) is 1.07. The van der Waals surface area contributed by atoms with Crippen molar-refractivity contribution in [2.24, 2.45) is 5.73 Å². The Bertz CT molecular complexity index is 227. The molecule has 3 amide bonds. The lowest BCUT2D eigenvalue weighted by atomic mass is 10.4. The number of carbonyl (C=O) groups excluding carboxylic acids is 2. The van der Waals surface area contributed by atoms with Crippen molar-refractivity contribution in [3.8, 4) is 0 Å². The Kier molecular flexibility index (Phi) is 4.45. The molecule has 4 N–H and O–H groups in total. The highest BCUT2D eigenvalue weighted by atomic mass is 16.5. The first-order valence-electron chi connectivity index (χ1n) is 3.37. The molecule has 0 aliphatic heterocycles. The highest BCUT2D eigenvalue weighted by Crippen LogP contribution is 1.89. The lowest BCUT2D eigenvalue weighted by Gasteiger charge is -2.09. The number of nitrogens with one attached hydrogen (secondary N) is 1. The number of primary amides is 1. The molecular weight excluding hydrogens is 180 g/mol. The number of hydrogen-bond donors (Lipinski definition) is 3. The van der Waals surface area contributed by atoms with Crippen LogP contribution in [-0.4, -0.2) is 35.7 Å². The van der Waals surface area contributed by atoms with Gasteiger partial charge in [0.15, 0.2) is 0 Å². The molecule has 7 heteroatoms. The summed E-state index contributed by atoms with van der Waals surface area (Å²) in [5.41, 5.74) is 4.64. The van der Waals surface area contributed by atoms with Crippen molar-refractivity contribution in [1.29, 1.82) is 0 Å². The van der Waals surface area contributed by atoms with Crippen molar-refractivity contribution in [2.75, 3.05) is 6.61 Å². The second kappa shape index (κ2) is 5.09. The molecule has 0 saturated heterocycles. The fourth-order valence-electron chi connectivity index (χ4n) is 0.495. The van der Waals surface area contributed by atoms with Crippen LogP contribution in [0, 0.1) is 0 Å². The van der Waals surface area contributed by atoms with Gasteiger partial charge in [0.2, 0.25) is 0 Å². The maximum absolute atomic E-state index is 10.8. The molecule has 0 aromatic heterocycles. The fourth-order valence-corrected chi connectivity index (χ4v) is 0.495. The van der Waals surface area contributed by atoms with Gasteiger partial charge in [0.25, 0.3) is 5.91 Å². The van der Waals surface area contributed by atoms with Crippen molar-refractivity contribution in [2.45, 2.75) is 13.0 Å². The largest absolute Gasteiger partial charge is 0.480 e. The first-order chi connectivity index (χ1) is 5.93. The van der Waals surface area contributed by atoms with E-state index in [1.165, 1.54) is 6.92 Å². The fraction of sp³-hybridized carbons (Fsp3) is 0.500. The third kappa shape index (κ3) is 5.62. The molecule has 74 valence electrons. The van der Waals surface area contributed by atoms with Gasteiger partial charge in [0.1, 0.15) is 12.7 Å². The lowest BCUT2D eigenvalue weighted by molar-refractivity contribution is -0.146. The minimum atomic E-state index is -1.20. The average Bonchev–Trinajstić information content (AvgIpc) is 1.98. The molecule has 0 aliphatic carbocycles. The number of rotatable bonds is 4. The molecule has 0 fully saturated rings. The number of ether oxygens (including phenoxy) is 1. The van der Waals surface area contributed by atoms with Crippen LogP contribution in [0.3, 0.4) is 0 Å². The van der Waals surface area contributed by atoms with Gasteiger partial charge < -0.3 is 15.6 Å². The Morgan fingerprint density at radius 1 is 1.54 bits per heavy atom. The number of hydrogen-bond acceptors (Lipinski definition) is 4. The zero-order chi connectivity index (χ0) is 10.4. The Balaban J connectivity index is 3.82. The number of nitrogens with two attached hydrogens (primary N) is 1. The molecule has 0 aromatic carbocycles. The van der Waals surface area contributed by atoms with E-state index in [0.717, 1.165) is 0 Å². The van der Waals surface area contributed by atoms with Gasteiger partial charge in [-0.2, -0.15) is 0 Å². The number of carbonyl (C=O) groups is 3. The molecule has 0 spiro atoms. The number of amides is 3. The summed E-state index contributed by atoms with van der Waals surface area (Å²) >= 11 is 0. The highest BCUT2D eigenvalue weighted by Gasteiger charge is 2.15. The van der Waals surface area contributed by atoms with E-state index >= 15 is 0 Å². The van der Waals surface area contributed by atoms with Crippen LogP contribution in [0.15, 0.2) is 0 Å². The molecule has 0 radical (unpaired) electrons. The molecule has 0 bridgehead atoms. The summed E-state index contributed by atoms with van der Waals surface area (Å²) in [6.07, 6.45) is -1.02. The molecule has 1 unspecified atom stereocenters. The lowest BCUT2D eigenvalue weighted by Crippen LogP contribution is -2.42. The predicted molar refractivity (Wildman–Crippen MR) is 40.8 cm³/mol. The maximum atomic E-state index is 10.8. The van der Waals surface area contributed by atoms with Crippen molar-refractivity contribution in [1.82, 2.24) is 5.32 Å². The molecule has 1 atom stereocenters. The molecule has 0 saturated carbocycles. The zero-order valence-electron chi connectivity index (χ0n) is 6.94. The van der Waals surface area contributed by atoms with Gasteiger partial charge in [-0.05, 0) is 6.92 Å². The van der Waals surface area contributed by atoms with Crippen LogP contribution < -0.4 is 11.1 Å². The number of urea groups is 1. The Morgan fingerprint density at radius 2 is 2.08 bits per heavy atom. The van der Waals surface area contributed by atoms with Crippen molar-refractivity contribution < 1.29 is 24.2 Å². The SMILES string of the molecule is CC(OCC(=O)O)C(=O)NC(N)=O. The number of aliphatic carboxylic acids is 1. The summed E-state index contributed by atoms with van der Waals surface area (Å²) in [5, 5.41) is 9.93. The number of carboxylic acid groups (broad SMARTS) is 1. The third-order valence-corrected chi connectivity index (χ3v) is 1.07. The zero-order valence-corrected chi connectivity index (χ0v) is 6.94. The summed E-state index contributed by atoms with van der Waals surface area (Å²) in [6, 6.07) is -1.00. The molecule has 13 heavy (non-hydrogen) atoms. The summed E-state index contributed by atoms with van der Waals surface area (Å²) in [4.78, 5) is 31.0. The topological polar surface area (TPSA) is 119 Å². The molecular formula is C6H10N2O5. The van der Waals surface area contributed by atoms with Gasteiger partial charge in [-0.1, -0.05) is 0 Å². The summed E-state index contributed by atoms with van der Waals surface area (Å²) in [5.74, 6) is -1.97. The smallest absolute Gasteiger partial charge is 0.329 e. The molecule has 0 rings (SSSR count). The average molecular weight is 190 g/mol. The van der Waals surface area contributed by atoms with Crippen molar-refractivity contribution >= 4 is 17.9 Å². The van der Waals surface area contributed by atoms with Gasteiger partial charge in [0.05, 0.1) is 0 Å². The Hall–Kier alpha value is -1.63. The van der Waals surface area contributed by atoms with Crippen LogP contribution in [0.4, 0.5) is 4.79 Å². The van der Waals surface area contributed by atoms with Crippen LogP contribution in [0.1, 0.15) is 6.92 Å². The van der Waals surface area contributed by atoms with E-state index in [1.54, 1.807) is 5.32 Å². The second-order valence-electron chi connectivity index (χ2n) is 2.20. The molecule has 0 heterocycles. The monoisotopic (exact) mass is 190 g/mol. The summed E-state index contributed by atoms with van der Waals surface area (Å²) in [6.45, 7) is 0.703. The molecule has 0 aliphatic rings. The van der Waals surface area contributed by atoms with Crippen LogP contribution in [0.2, 0.25) is 0 Å². The quantitative estimate of drug-likeness (QED) is 0.507. The second-order valence-corrected chi connectivity index (χ2v) is 2.20. The standard InChI is InChI=1S/C6H10N2O5/c1-3(13-2-4(9)10)5(11)8-6(7)12/h3H,2H2,1H3,(H,9,10)(H3,7,8,11,12). The molecule has 0 aromatic rings. The normalized spacial score (nSPS) is 11.8. The minimum absolute atomic E-state index is 0.604. The Morgan fingerprint density at radius 3 is 2.46 bits per heavy atom.